The highest BCUT2D eigenvalue weighted by atomic mass is 35.5. The van der Waals surface area contributed by atoms with Gasteiger partial charge in [0, 0.05) is 13.1 Å². The molecule has 0 aliphatic carbocycles. The van der Waals surface area contributed by atoms with Gasteiger partial charge in [-0.25, -0.2) is 12.8 Å². The van der Waals surface area contributed by atoms with Gasteiger partial charge < -0.3 is 5.73 Å². The Morgan fingerprint density at radius 2 is 1.96 bits per heavy atom. The quantitative estimate of drug-likeness (QED) is 0.825. The second-order valence-electron chi connectivity index (χ2n) is 5.74. The second kappa shape index (κ2) is 6.54. The van der Waals surface area contributed by atoms with E-state index in [1.54, 1.807) is 0 Å². The van der Waals surface area contributed by atoms with E-state index in [1.165, 1.54) is 0 Å². The van der Waals surface area contributed by atoms with Gasteiger partial charge in [0.2, 0.25) is 10.0 Å². The van der Waals surface area contributed by atoms with E-state index in [4.69, 9.17) is 5.73 Å². The van der Waals surface area contributed by atoms with Crippen LogP contribution in [0.3, 0.4) is 0 Å². The van der Waals surface area contributed by atoms with E-state index in [-0.39, 0.29) is 32.0 Å². The lowest BCUT2D eigenvalue weighted by molar-refractivity contribution is -0.140. The van der Waals surface area contributed by atoms with E-state index in [0.29, 0.717) is 18.6 Å². The minimum atomic E-state index is -4.95. The fourth-order valence-electron chi connectivity index (χ4n) is 2.38. The summed E-state index contributed by atoms with van der Waals surface area (Å²) < 4.78 is 77.3. The summed E-state index contributed by atoms with van der Waals surface area (Å²) in [5, 5.41) is 0. The van der Waals surface area contributed by atoms with Crippen molar-refractivity contribution in [2.45, 2.75) is 24.4 Å². The predicted molar refractivity (Wildman–Crippen MR) is 79.2 cm³/mol. The van der Waals surface area contributed by atoms with Gasteiger partial charge in [0.05, 0.1) is 10.5 Å². The number of rotatable bonds is 3. The summed E-state index contributed by atoms with van der Waals surface area (Å²) in [5.41, 5.74) is 3.60. The molecule has 1 aromatic carbocycles. The van der Waals surface area contributed by atoms with Gasteiger partial charge in [-0.3, -0.25) is 0 Å². The molecule has 0 saturated carbocycles. The predicted octanol–water partition coefficient (Wildman–Crippen LogP) is 2.63. The van der Waals surface area contributed by atoms with E-state index in [9.17, 15) is 26.0 Å². The maximum Gasteiger partial charge on any atom is 0.419 e. The molecular weight excluding hydrogens is 360 g/mol. The van der Waals surface area contributed by atoms with E-state index in [1.807, 2.05) is 6.92 Å². The first-order valence-corrected chi connectivity index (χ1v) is 8.01. The van der Waals surface area contributed by atoms with Gasteiger partial charge in [0.15, 0.2) is 0 Å². The lowest BCUT2D eigenvalue weighted by atomic mass is 9.90. The van der Waals surface area contributed by atoms with E-state index < -0.39 is 37.9 Å². The third-order valence-corrected chi connectivity index (χ3v) is 5.74. The maximum absolute atomic E-state index is 13.3. The second-order valence-corrected chi connectivity index (χ2v) is 7.68. The third kappa shape index (κ3) is 3.96. The molecule has 1 aliphatic heterocycles. The monoisotopic (exact) mass is 376 g/mol. The highest BCUT2D eigenvalue weighted by Gasteiger charge is 2.40. The van der Waals surface area contributed by atoms with Gasteiger partial charge in [-0.15, -0.1) is 12.4 Å². The molecule has 1 unspecified atom stereocenters. The Balaban J connectivity index is 0.00000264. The van der Waals surface area contributed by atoms with Gasteiger partial charge >= 0.3 is 6.18 Å². The van der Waals surface area contributed by atoms with Gasteiger partial charge in [-0.05, 0) is 36.6 Å². The van der Waals surface area contributed by atoms with Crippen LogP contribution in [0.15, 0.2) is 23.1 Å². The van der Waals surface area contributed by atoms with Crippen LogP contribution in [0.2, 0.25) is 0 Å². The Hall–Kier alpha value is -0.900. The number of benzene rings is 1. The average Bonchev–Trinajstić information content (AvgIpc) is 2.82. The zero-order chi connectivity index (χ0) is 16.8. The van der Waals surface area contributed by atoms with Crippen LogP contribution < -0.4 is 5.73 Å². The summed E-state index contributed by atoms with van der Waals surface area (Å²) in [6.07, 6.45) is -4.43. The first-order valence-electron chi connectivity index (χ1n) is 6.57. The molecule has 132 valence electrons. The fourth-order valence-corrected chi connectivity index (χ4v) is 4.00. The molecule has 1 aliphatic rings. The highest BCUT2D eigenvalue weighted by Crippen LogP contribution is 2.36. The molecule has 1 saturated heterocycles. The van der Waals surface area contributed by atoms with E-state index >= 15 is 0 Å². The molecule has 0 radical (unpaired) electrons. The minimum absolute atomic E-state index is 0. The van der Waals surface area contributed by atoms with Crippen LogP contribution in [-0.4, -0.2) is 32.4 Å². The molecule has 2 rings (SSSR count). The number of hydrogen-bond acceptors (Lipinski definition) is 3. The molecule has 4 nitrogen and oxygen atoms in total. The Morgan fingerprint density at radius 1 is 1.35 bits per heavy atom. The van der Waals surface area contributed by atoms with Crippen LogP contribution in [0.5, 0.6) is 0 Å². The molecule has 0 amide bonds. The first-order chi connectivity index (χ1) is 9.99. The van der Waals surface area contributed by atoms with Crippen molar-refractivity contribution in [3.63, 3.8) is 0 Å². The molecule has 1 fully saturated rings. The van der Waals surface area contributed by atoms with Crippen LogP contribution in [0.1, 0.15) is 18.9 Å². The number of halogens is 5. The highest BCUT2D eigenvalue weighted by molar-refractivity contribution is 7.89. The van der Waals surface area contributed by atoms with Crippen molar-refractivity contribution in [2.24, 2.45) is 11.1 Å². The smallest absolute Gasteiger partial charge is 0.330 e. The van der Waals surface area contributed by atoms with Crippen LogP contribution in [0.4, 0.5) is 17.6 Å². The van der Waals surface area contributed by atoms with Crippen molar-refractivity contribution in [3.05, 3.63) is 29.6 Å². The topological polar surface area (TPSA) is 63.4 Å². The van der Waals surface area contributed by atoms with Crippen LogP contribution in [0.25, 0.3) is 0 Å². The fraction of sp³-hybridized carbons (Fsp3) is 0.538. The van der Waals surface area contributed by atoms with Crippen molar-refractivity contribution >= 4 is 22.4 Å². The van der Waals surface area contributed by atoms with Crippen LogP contribution >= 0.6 is 12.4 Å². The number of nitrogens with zero attached hydrogens (tertiary/aromatic N) is 1. The molecule has 0 spiro atoms. The summed E-state index contributed by atoms with van der Waals surface area (Å²) in [6, 6.07) is 1.70. The summed E-state index contributed by atoms with van der Waals surface area (Å²) in [4.78, 5) is -0.567. The van der Waals surface area contributed by atoms with Crippen molar-refractivity contribution in [1.29, 1.82) is 0 Å². The number of sulfonamides is 1. The maximum atomic E-state index is 13.3. The molecule has 1 atom stereocenters. The standard InChI is InChI=1S/C13H16F4N2O2S.ClH/c1-12(7-18)4-5-19(8-12)22(20,21)9-2-3-11(14)10(6-9)13(15,16)17;/h2-3,6H,4-5,7-8,18H2,1H3;1H. The molecule has 10 heteroatoms. The molecule has 0 aromatic heterocycles. The summed E-state index contributed by atoms with van der Waals surface area (Å²) >= 11 is 0. The normalized spacial score (nSPS) is 22.9. The van der Waals surface area contributed by atoms with Crippen molar-refractivity contribution in [3.8, 4) is 0 Å². The van der Waals surface area contributed by atoms with Crippen LogP contribution in [-0.2, 0) is 16.2 Å². The zero-order valence-corrected chi connectivity index (χ0v) is 13.9. The molecule has 0 bridgehead atoms. The van der Waals surface area contributed by atoms with Gasteiger partial charge in [0.1, 0.15) is 5.82 Å². The Morgan fingerprint density at radius 3 is 2.43 bits per heavy atom. The van der Waals surface area contributed by atoms with Crippen LogP contribution in [0, 0.1) is 11.2 Å². The lowest BCUT2D eigenvalue weighted by Crippen LogP contribution is -2.34. The van der Waals surface area contributed by atoms with Gasteiger partial charge in [-0.2, -0.15) is 17.5 Å². The van der Waals surface area contributed by atoms with Crippen molar-refractivity contribution in [2.75, 3.05) is 19.6 Å². The molecular formula is C13H17ClF4N2O2S. The Kier molecular flexibility index (Phi) is 5.73. The van der Waals surface area contributed by atoms with Gasteiger partial charge in [-0.1, -0.05) is 6.92 Å². The van der Waals surface area contributed by atoms with E-state index in [0.717, 1.165) is 10.4 Å². The summed E-state index contributed by atoms with van der Waals surface area (Å²) in [6.45, 7) is 2.39. The summed E-state index contributed by atoms with van der Waals surface area (Å²) in [5.74, 6) is -1.50. The van der Waals surface area contributed by atoms with Crippen molar-refractivity contribution in [1.82, 2.24) is 4.31 Å². The zero-order valence-electron chi connectivity index (χ0n) is 12.2. The first kappa shape index (κ1) is 20.1. The molecule has 1 aromatic rings. The third-order valence-electron chi connectivity index (χ3n) is 3.90. The van der Waals surface area contributed by atoms with Crippen molar-refractivity contribution < 1.29 is 26.0 Å². The molecule has 1 heterocycles. The Labute approximate surface area is 138 Å². The van der Waals surface area contributed by atoms with E-state index in [2.05, 4.69) is 0 Å². The Bertz CT molecular complexity index is 681. The number of hydrogen-bond donors (Lipinski definition) is 1. The molecule has 23 heavy (non-hydrogen) atoms. The van der Waals surface area contributed by atoms with Gasteiger partial charge in [0.25, 0.3) is 0 Å². The SMILES string of the molecule is CC1(CN)CCN(S(=O)(=O)c2ccc(F)c(C(F)(F)F)c2)C1.Cl. The lowest BCUT2D eigenvalue weighted by Gasteiger charge is -2.22. The number of alkyl halides is 3. The summed E-state index contributed by atoms with van der Waals surface area (Å²) in [7, 11) is -4.11. The minimum Gasteiger partial charge on any atom is -0.330 e. The molecule has 2 N–H and O–H groups in total. The largest absolute Gasteiger partial charge is 0.419 e. The average molecular weight is 377 g/mol. The number of nitrogens with two attached hydrogens (primary N) is 1.